The number of aryl methyl sites for hydroxylation is 2. The largest absolute Gasteiger partial charge is 0.293 e. The fourth-order valence-electron chi connectivity index (χ4n) is 2.81. The maximum atomic E-state index is 12.5. The lowest BCUT2D eigenvalue weighted by Crippen LogP contribution is -2.14. The Bertz CT molecular complexity index is 1100. The van der Waals surface area contributed by atoms with Crippen molar-refractivity contribution in [3.8, 4) is 22.4 Å². The first-order valence-corrected chi connectivity index (χ1v) is 7.78. The zero-order chi connectivity index (χ0) is 16.8. The lowest BCUT2D eigenvalue weighted by atomic mass is 10.1. The van der Waals surface area contributed by atoms with E-state index in [0.717, 1.165) is 22.4 Å². The van der Waals surface area contributed by atoms with Crippen LogP contribution < -0.4 is 5.56 Å². The van der Waals surface area contributed by atoms with Crippen LogP contribution in [-0.2, 0) is 7.05 Å². The average molecular weight is 340 g/mol. The number of fused-ring (bicyclic) bond motifs is 1. The molecule has 120 valence electrons. The highest BCUT2D eigenvalue weighted by Crippen LogP contribution is 2.28. The van der Waals surface area contributed by atoms with Crippen molar-refractivity contribution in [3.05, 3.63) is 63.8 Å². The monoisotopic (exact) mass is 339 g/mol. The van der Waals surface area contributed by atoms with Gasteiger partial charge in [-0.15, -0.1) is 0 Å². The van der Waals surface area contributed by atoms with Gasteiger partial charge in [0.05, 0.1) is 11.9 Å². The highest BCUT2D eigenvalue weighted by atomic mass is 35.5. The predicted octanol–water partition coefficient (Wildman–Crippen LogP) is 3.05. The van der Waals surface area contributed by atoms with Crippen LogP contribution in [0.3, 0.4) is 0 Å². The van der Waals surface area contributed by atoms with E-state index in [1.54, 1.807) is 10.9 Å². The van der Waals surface area contributed by atoms with Crippen molar-refractivity contribution in [2.24, 2.45) is 7.05 Å². The van der Waals surface area contributed by atoms with E-state index in [-0.39, 0.29) is 5.56 Å². The van der Waals surface area contributed by atoms with Crippen LogP contribution in [0.25, 0.3) is 28.0 Å². The number of halogens is 1. The molecule has 0 aliphatic rings. The molecule has 0 aliphatic heterocycles. The molecule has 6 nitrogen and oxygen atoms in total. The first kappa shape index (κ1) is 14.7. The van der Waals surface area contributed by atoms with E-state index >= 15 is 0 Å². The van der Waals surface area contributed by atoms with E-state index in [0.29, 0.717) is 16.4 Å². The van der Waals surface area contributed by atoms with E-state index in [2.05, 4.69) is 15.2 Å². The van der Waals surface area contributed by atoms with Crippen molar-refractivity contribution in [3.63, 3.8) is 0 Å². The van der Waals surface area contributed by atoms with Crippen molar-refractivity contribution in [2.45, 2.75) is 6.92 Å². The first-order chi connectivity index (χ1) is 11.5. The number of aromatic nitrogens is 5. The summed E-state index contributed by atoms with van der Waals surface area (Å²) in [7, 11) is 1.83. The molecule has 24 heavy (non-hydrogen) atoms. The first-order valence-electron chi connectivity index (χ1n) is 7.40. The molecule has 0 fully saturated rings. The van der Waals surface area contributed by atoms with Crippen molar-refractivity contribution < 1.29 is 0 Å². The topological polar surface area (TPSA) is 68.0 Å². The van der Waals surface area contributed by atoms with Gasteiger partial charge >= 0.3 is 0 Å². The van der Waals surface area contributed by atoms with Gasteiger partial charge < -0.3 is 0 Å². The van der Waals surface area contributed by atoms with Crippen LogP contribution in [0, 0.1) is 6.92 Å². The molecule has 1 N–H and O–H groups in total. The van der Waals surface area contributed by atoms with Crippen molar-refractivity contribution in [2.75, 3.05) is 0 Å². The minimum atomic E-state index is -0.165. The number of aromatic amines is 1. The Morgan fingerprint density at radius 1 is 1.17 bits per heavy atom. The molecule has 7 heteroatoms. The van der Waals surface area contributed by atoms with Gasteiger partial charge in [0.1, 0.15) is 0 Å². The Morgan fingerprint density at radius 3 is 2.58 bits per heavy atom. The second-order valence-electron chi connectivity index (χ2n) is 5.66. The summed E-state index contributed by atoms with van der Waals surface area (Å²) in [6.07, 6.45) is 3.53. The second-order valence-corrected chi connectivity index (χ2v) is 6.10. The normalized spacial score (nSPS) is 11.3. The van der Waals surface area contributed by atoms with E-state index in [1.165, 1.54) is 10.6 Å². The van der Waals surface area contributed by atoms with Gasteiger partial charge in [0.15, 0.2) is 5.65 Å². The number of nitrogens with one attached hydrogen (secondary N) is 1. The molecular weight excluding hydrogens is 326 g/mol. The Hall–Kier alpha value is -2.86. The fraction of sp³-hybridized carbons (Fsp3) is 0.118. The maximum absolute atomic E-state index is 12.5. The van der Waals surface area contributed by atoms with Crippen LogP contribution >= 0.6 is 11.6 Å². The van der Waals surface area contributed by atoms with Gasteiger partial charge in [-0.2, -0.15) is 5.10 Å². The lowest BCUT2D eigenvalue weighted by molar-refractivity contribution is 0.768. The number of H-pyrrole nitrogens is 1. The number of hydrogen-bond donors (Lipinski definition) is 1. The Labute approximate surface area is 142 Å². The molecule has 1 aromatic carbocycles. The Kier molecular flexibility index (Phi) is 3.28. The molecule has 4 rings (SSSR count). The van der Waals surface area contributed by atoms with Gasteiger partial charge in [-0.1, -0.05) is 23.7 Å². The van der Waals surface area contributed by atoms with Crippen LogP contribution in [-0.4, -0.2) is 24.4 Å². The lowest BCUT2D eigenvalue weighted by Gasteiger charge is -2.02. The van der Waals surface area contributed by atoms with Crippen LogP contribution in [0.15, 0.2) is 47.5 Å². The van der Waals surface area contributed by atoms with Gasteiger partial charge in [-0.3, -0.25) is 14.6 Å². The van der Waals surface area contributed by atoms with Crippen molar-refractivity contribution in [1.29, 1.82) is 0 Å². The summed E-state index contributed by atoms with van der Waals surface area (Å²) in [5.74, 6) is 0. The van der Waals surface area contributed by atoms with Crippen molar-refractivity contribution in [1.82, 2.24) is 24.4 Å². The fourth-order valence-corrected chi connectivity index (χ4v) is 2.94. The standard InChI is InChI=1S/C17H14ClN5O/c1-10-16(11-3-5-13(18)6-4-11)17-20-14(7-15(24)23(17)21-10)12-8-19-22(2)9-12/h3-9,21H,1-2H3. The van der Waals surface area contributed by atoms with Crippen molar-refractivity contribution >= 4 is 17.2 Å². The highest BCUT2D eigenvalue weighted by Gasteiger charge is 2.15. The molecule has 0 bridgehead atoms. The minimum absolute atomic E-state index is 0.165. The average Bonchev–Trinajstić information content (AvgIpc) is 3.12. The molecule has 0 aliphatic carbocycles. The smallest absolute Gasteiger partial charge is 0.273 e. The number of benzene rings is 1. The van der Waals surface area contributed by atoms with Crippen LogP contribution in [0.4, 0.5) is 0 Å². The van der Waals surface area contributed by atoms with E-state index in [9.17, 15) is 4.79 Å². The Balaban J connectivity index is 2.00. The van der Waals surface area contributed by atoms with Crippen LogP contribution in [0.2, 0.25) is 5.02 Å². The summed E-state index contributed by atoms with van der Waals surface area (Å²) in [4.78, 5) is 17.2. The van der Waals surface area contributed by atoms with Gasteiger partial charge in [-0.25, -0.2) is 9.50 Å². The molecular formula is C17H14ClN5O. The summed E-state index contributed by atoms with van der Waals surface area (Å²) >= 11 is 5.98. The van der Waals surface area contributed by atoms with Gasteiger partial charge in [-0.05, 0) is 24.6 Å². The molecule has 4 aromatic rings. The molecule has 0 saturated carbocycles. The third-order valence-corrected chi connectivity index (χ3v) is 4.18. The maximum Gasteiger partial charge on any atom is 0.273 e. The summed E-state index contributed by atoms with van der Waals surface area (Å²) in [5.41, 5.74) is 4.52. The number of hydrogen-bond acceptors (Lipinski definition) is 3. The number of nitrogens with zero attached hydrogens (tertiary/aromatic N) is 4. The van der Waals surface area contributed by atoms with Gasteiger partial charge in [0.25, 0.3) is 5.56 Å². The van der Waals surface area contributed by atoms with Gasteiger partial charge in [0, 0.05) is 41.2 Å². The highest BCUT2D eigenvalue weighted by molar-refractivity contribution is 6.30. The second kappa shape index (κ2) is 5.35. The third kappa shape index (κ3) is 2.32. The van der Waals surface area contributed by atoms with E-state index < -0.39 is 0 Å². The Morgan fingerprint density at radius 2 is 1.92 bits per heavy atom. The zero-order valence-corrected chi connectivity index (χ0v) is 13.9. The molecule has 0 radical (unpaired) electrons. The van der Waals surface area contributed by atoms with Crippen LogP contribution in [0.1, 0.15) is 5.69 Å². The molecule has 0 unspecified atom stereocenters. The molecule has 0 amide bonds. The summed E-state index contributed by atoms with van der Waals surface area (Å²) in [5, 5.41) is 7.89. The predicted molar refractivity (Wildman–Crippen MR) is 93.2 cm³/mol. The SMILES string of the molecule is Cc1[nH]n2c(=O)cc(-c3cnn(C)c3)nc2c1-c1ccc(Cl)cc1. The quantitative estimate of drug-likeness (QED) is 0.610. The molecule has 0 saturated heterocycles. The minimum Gasteiger partial charge on any atom is -0.293 e. The van der Waals surface area contributed by atoms with E-state index in [1.807, 2.05) is 44.4 Å². The summed E-state index contributed by atoms with van der Waals surface area (Å²) in [6, 6.07) is 8.99. The third-order valence-electron chi connectivity index (χ3n) is 3.93. The summed E-state index contributed by atoms with van der Waals surface area (Å²) in [6.45, 7) is 1.92. The molecule has 0 atom stereocenters. The van der Waals surface area contributed by atoms with Crippen LogP contribution in [0.5, 0.6) is 0 Å². The number of rotatable bonds is 2. The molecule has 0 spiro atoms. The van der Waals surface area contributed by atoms with E-state index in [4.69, 9.17) is 11.6 Å². The van der Waals surface area contributed by atoms with Gasteiger partial charge in [0.2, 0.25) is 0 Å². The molecule has 3 heterocycles. The molecule has 3 aromatic heterocycles. The zero-order valence-electron chi connectivity index (χ0n) is 13.1. The summed E-state index contributed by atoms with van der Waals surface area (Å²) < 4.78 is 3.14.